The summed E-state index contributed by atoms with van der Waals surface area (Å²) in [5.41, 5.74) is 7.97. The highest BCUT2D eigenvalue weighted by Crippen LogP contribution is 2.32. The molecule has 4 nitrogen and oxygen atoms in total. The number of rotatable bonds is 4. The number of anilines is 1. The first-order chi connectivity index (χ1) is 9.88. The Kier molecular flexibility index (Phi) is 5.01. The molecule has 3 N–H and O–H groups in total. The van der Waals surface area contributed by atoms with Crippen molar-refractivity contribution >= 4 is 11.6 Å². The molecule has 2 unspecified atom stereocenters. The van der Waals surface area contributed by atoms with E-state index in [0.29, 0.717) is 0 Å². The molecule has 2 rings (SSSR count). The van der Waals surface area contributed by atoms with Gasteiger partial charge < -0.3 is 16.0 Å². The van der Waals surface area contributed by atoms with Gasteiger partial charge in [0.05, 0.1) is 5.92 Å². The zero-order valence-electron chi connectivity index (χ0n) is 13.4. The lowest BCUT2D eigenvalue weighted by molar-refractivity contribution is -0.122. The number of carbonyl (C=O) groups excluding carboxylic acids is 1. The number of hydrogen-bond donors (Lipinski definition) is 2. The summed E-state index contributed by atoms with van der Waals surface area (Å²) in [5, 5.41) is 3.04. The average molecular weight is 289 g/mol. The van der Waals surface area contributed by atoms with Crippen molar-refractivity contribution in [1.82, 2.24) is 4.90 Å². The maximum Gasteiger partial charge on any atom is 0.229 e. The van der Waals surface area contributed by atoms with Crippen molar-refractivity contribution in [2.45, 2.75) is 44.7 Å². The van der Waals surface area contributed by atoms with Gasteiger partial charge in [-0.3, -0.25) is 4.79 Å². The average Bonchev–Trinajstić information content (AvgIpc) is 2.37. The molecule has 0 saturated heterocycles. The fourth-order valence-electron chi connectivity index (χ4n) is 3.13. The van der Waals surface area contributed by atoms with Crippen molar-refractivity contribution < 1.29 is 4.79 Å². The normalized spacial score (nSPS) is 25.9. The summed E-state index contributed by atoms with van der Waals surface area (Å²) in [7, 11) is 4.07. The fraction of sp³-hybridized carbons (Fsp3) is 0.588. The fourth-order valence-corrected chi connectivity index (χ4v) is 3.13. The molecule has 1 aromatic carbocycles. The minimum absolute atomic E-state index is 0.0571. The van der Waals surface area contributed by atoms with Crippen LogP contribution in [0.1, 0.15) is 38.2 Å². The molecule has 0 radical (unpaired) electrons. The molecule has 1 amide bonds. The monoisotopic (exact) mass is 289 g/mol. The van der Waals surface area contributed by atoms with Gasteiger partial charge in [0.25, 0.3) is 0 Å². The maximum atomic E-state index is 12.5. The van der Waals surface area contributed by atoms with Crippen LogP contribution < -0.4 is 11.1 Å². The Morgan fingerprint density at radius 1 is 1.43 bits per heavy atom. The Balaban J connectivity index is 2.05. The van der Waals surface area contributed by atoms with Crippen LogP contribution in [0.15, 0.2) is 24.3 Å². The highest BCUT2D eigenvalue weighted by atomic mass is 16.1. The molecule has 116 valence electrons. The zero-order valence-corrected chi connectivity index (χ0v) is 13.4. The van der Waals surface area contributed by atoms with Gasteiger partial charge in [-0.25, -0.2) is 0 Å². The maximum absolute atomic E-state index is 12.5. The van der Waals surface area contributed by atoms with Crippen LogP contribution in [0.5, 0.6) is 0 Å². The Hall–Kier alpha value is -1.39. The lowest BCUT2D eigenvalue weighted by atomic mass is 9.74. The smallest absolute Gasteiger partial charge is 0.229 e. The second-order valence-corrected chi connectivity index (χ2v) is 6.73. The summed E-state index contributed by atoms with van der Waals surface area (Å²) >= 11 is 0. The van der Waals surface area contributed by atoms with Crippen LogP contribution >= 0.6 is 0 Å². The van der Waals surface area contributed by atoms with E-state index in [1.165, 1.54) is 5.56 Å². The lowest BCUT2D eigenvalue weighted by Gasteiger charge is -2.37. The van der Waals surface area contributed by atoms with Gasteiger partial charge in [0.15, 0.2) is 0 Å². The molecule has 21 heavy (non-hydrogen) atoms. The quantitative estimate of drug-likeness (QED) is 0.895. The van der Waals surface area contributed by atoms with Gasteiger partial charge in [-0.2, -0.15) is 0 Å². The lowest BCUT2D eigenvalue weighted by Crippen LogP contribution is -2.51. The molecule has 1 aliphatic rings. The van der Waals surface area contributed by atoms with Gasteiger partial charge in [-0.1, -0.05) is 25.0 Å². The summed E-state index contributed by atoms with van der Waals surface area (Å²) in [5.74, 6) is -0.0366. The van der Waals surface area contributed by atoms with Crippen LogP contribution in [-0.4, -0.2) is 30.4 Å². The molecule has 0 heterocycles. The summed E-state index contributed by atoms with van der Waals surface area (Å²) in [6, 6.07) is 8.03. The number of amides is 1. The number of benzene rings is 1. The van der Waals surface area contributed by atoms with Crippen molar-refractivity contribution in [2.75, 3.05) is 19.4 Å². The molecular weight excluding hydrogens is 262 g/mol. The minimum atomic E-state index is -0.385. The number of nitrogens with zero attached hydrogens (tertiary/aromatic N) is 1. The molecule has 1 fully saturated rings. The Bertz CT molecular complexity index is 497. The standard InChI is InChI=1S/C17H27N3O/c1-17(18)10-5-4-9-15(17)16(21)19-14-8-6-7-13(11-14)12-20(2)3/h6-8,11,15H,4-5,9-10,12,18H2,1-3H3,(H,19,21). The summed E-state index contributed by atoms with van der Waals surface area (Å²) in [4.78, 5) is 14.6. The highest BCUT2D eigenvalue weighted by Gasteiger charge is 2.37. The van der Waals surface area contributed by atoms with Crippen molar-refractivity contribution in [3.63, 3.8) is 0 Å². The van der Waals surface area contributed by atoms with Crippen LogP contribution in [0, 0.1) is 5.92 Å². The van der Waals surface area contributed by atoms with Crippen molar-refractivity contribution in [2.24, 2.45) is 11.7 Å². The van der Waals surface area contributed by atoms with Crippen molar-refractivity contribution in [3.8, 4) is 0 Å². The van der Waals surface area contributed by atoms with Crippen LogP contribution in [0.2, 0.25) is 0 Å². The SMILES string of the molecule is CN(C)Cc1cccc(NC(=O)C2CCCCC2(C)N)c1. The van der Waals surface area contributed by atoms with Gasteiger partial charge in [-0.15, -0.1) is 0 Å². The Morgan fingerprint density at radius 3 is 2.86 bits per heavy atom. The number of nitrogens with one attached hydrogen (secondary N) is 1. The summed E-state index contributed by atoms with van der Waals surface area (Å²) in [6.45, 7) is 2.86. The van der Waals surface area contributed by atoms with E-state index in [9.17, 15) is 4.79 Å². The zero-order chi connectivity index (χ0) is 15.5. The summed E-state index contributed by atoms with van der Waals surface area (Å²) in [6.07, 6.45) is 4.02. The molecule has 1 aromatic rings. The first kappa shape index (κ1) is 16.0. The van der Waals surface area contributed by atoms with Crippen LogP contribution in [0.25, 0.3) is 0 Å². The van der Waals surface area contributed by atoms with Gasteiger partial charge in [0.1, 0.15) is 0 Å². The van der Waals surface area contributed by atoms with Crippen molar-refractivity contribution in [3.05, 3.63) is 29.8 Å². The third-order valence-corrected chi connectivity index (χ3v) is 4.26. The molecule has 0 bridgehead atoms. The second kappa shape index (κ2) is 6.58. The first-order valence-electron chi connectivity index (χ1n) is 7.72. The molecule has 0 aliphatic heterocycles. The molecular formula is C17H27N3O. The van der Waals surface area contributed by atoms with Gasteiger partial charge in [-0.05, 0) is 51.6 Å². The number of nitrogens with two attached hydrogens (primary N) is 1. The summed E-state index contributed by atoms with van der Waals surface area (Å²) < 4.78 is 0. The van der Waals surface area contributed by atoms with E-state index in [-0.39, 0.29) is 17.4 Å². The number of hydrogen-bond acceptors (Lipinski definition) is 3. The van der Waals surface area contributed by atoms with E-state index in [0.717, 1.165) is 37.9 Å². The van der Waals surface area contributed by atoms with Crippen LogP contribution in [0.4, 0.5) is 5.69 Å². The minimum Gasteiger partial charge on any atom is -0.326 e. The van der Waals surface area contributed by atoms with E-state index in [4.69, 9.17) is 5.73 Å². The van der Waals surface area contributed by atoms with Crippen LogP contribution in [0.3, 0.4) is 0 Å². The second-order valence-electron chi connectivity index (χ2n) is 6.73. The van der Waals surface area contributed by atoms with Crippen molar-refractivity contribution in [1.29, 1.82) is 0 Å². The van der Waals surface area contributed by atoms with E-state index >= 15 is 0 Å². The van der Waals surface area contributed by atoms with E-state index in [1.807, 2.05) is 39.2 Å². The first-order valence-corrected chi connectivity index (χ1v) is 7.72. The molecule has 0 spiro atoms. The third-order valence-electron chi connectivity index (χ3n) is 4.26. The Labute approximate surface area is 127 Å². The molecule has 1 saturated carbocycles. The van der Waals surface area contributed by atoms with Gasteiger partial charge in [0.2, 0.25) is 5.91 Å². The molecule has 0 aromatic heterocycles. The van der Waals surface area contributed by atoms with E-state index in [1.54, 1.807) is 0 Å². The molecule has 2 atom stereocenters. The predicted octanol–water partition coefficient (Wildman–Crippen LogP) is 2.59. The van der Waals surface area contributed by atoms with Gasteiger partial charge in [0, 0.05) is 17.8 Å². The molecule has 4 heteroatoms. The topological polar surface area (TPSA) is 58.4 Å². The van der Waals surface area contributed by atoms with E-state index in [2.05, 4.69) is 16.3 Å². The Morgan fingerprint density at radius 2 is 2.19 bits per heavy atom. The third kappa shape index (κ3) is 4.29. The predicted molar refractivity (Wildman–Crippen MR) is 87.0 cm³/mol. The van der Waals surface area contributed by atoms with Gasteiger partial charge >= 0.3 is 0 Å². The van der Waals surface area contributed by atoms with Crippen LogP contribution in [-0.2, 0) is 11.3 Å². The largest absolute Gasteiger partial charge is 0.326 e. The van der Waals surface area contributed by atoms with E-state index < -0.39 is 0 Å². The highest BCUT2D eigenvalue weighted by molar-refractivity contribution is 5.93. The molecule has 1 aliphatic carbocycles. The number of carbonyl (C=O) groups is 1.